The standard InChI is InChI=1S/C20H27NO2/c1-4-12-21-13-11-20(10-6-5-7-15(20)2)19-14-17(23)8-9-18(19)16(3)22/h1,8-9,14-15,21,23H,5-7,10-13H2,2-3H3/t15?,20-/m1/s1. The van der Waals surface area contributed by atoms with Crippen LogP contribution in [-0.4, -0.2) is 24.0 Å². The van der Waals surface area contributed by atoms with E-state index in [1.807, 2.05) is 0 Å². The zero-order valence-corrected chi connectivity index (χ0v) is 14.2. The van der Waals surface area contributed by atoms with Crippen LogP contribution in [0.4, 0.5) is 0 Å². The first-order valence-electron chi connectivity index (χ1n) is 8.50. The van der Waals surface area contributed by atoms with E-state index in [-0.39, 0.29) is 16.9 Å². The van der Waals surface area contributed by atoms with E-state index >= 15 is 0 Å². The molecule has 3 heteroatoms. The minimum Gasteiger partial charge on any atom is -0.508 e. The Kier molecular flexibility index (Phi) is 5.85. The fourth-order valence-corrected chi connectivity index (χ4v) is 4.04. The smallest absolute Gasteiger partial charge is 0.160 e. The number of carbonyl (C=O) groups is 1. The van der Waals surface area contributed by atoms with Crippen LogP contribution < -0.4 is 5.32 Å². The molecule has 3 nitrogen and oxygen atoms in total. The first-order chi connectivity index (χ1) is 11.0. The molecule has 1 fully saturated rings. The number of phenols is 1. The third-order valence-corrected chi connectivity index (χ3v) is 5.35. The van der Waals surface area contributed by atoms with Gasteiger partial charge in [0.05, 0.1) is 6.54 Å². The summed E-state index contributed by atoms with van der Waals surface area (Å²) in [6.45, 7) is 5.26. The van der Waals surface area contributed by atoms with Crippen molar-refractivity contribution < 1.29 is 9.90 Å². The van der Waals surface area contributed by atoms with Crippen LogP contribution >= 0.6 is 0 Å². The first-order valence-corrected chi connectivity index (χ1v) is 8.50. The summed E-state index contributed by atoms with van der Waals surface area (Å²) in [5.74, 6) is 3.38. The Morgan fingerprint density at radius 3 is 2.91 bits per heavy atom. The predicted octanol–water partition coefficient (Wildman–Crippen LogP) is 3.66. The van der Waals surface area contributed by atoms with E-state index < -0.39 is 0 Å². The summed E-state index contributed by atoms with van der Waals surface area (Å²) >= 11 is 0. The molecule has 1 aliphatic carbocycles. The summed E-state index contributed by atoms with van der Waals surface area (Å²) in [5, 5.41) is 13.3. The normalized spacial score (nSPS) is 24.1. The van der Waals surface area contributed by atoms with Crippen LogP contribution in [0.3, 0.4) is 0 Å². The molecule has 0 saturated heterocycles. The van der Waals surface area contributed by atoms with Gasteiger partial charge in [0.2, 0.25) is 0 Å². The highest BCUT2D eigenvalue weighted by Gasteiger charge is 2.41. The molecule has 1 aliphatic rings. The number of ketones is 1. The van der Waals surface area contributed by atoms with Crippen LogP contribution in [0, 0.1) is 18.3 Å². The molecule has 0 aromatic heterocycles. The summed E-state index contributed by atoms with van der Waals surface area (Å²) in [4.78, 5) is 12.1. The SMILES string of the molecule is C#CCNCC[C@]1(c2cc(O)ccc2C(C)=O)CCCCC1C. The number of benzene rings is 1. The van der Waals surface area contributed by atoms with Gasteiger partial charge in [-0.3, -0.25) is 4.79 Å². The Hall–Kier alpha value is -1.79. The summed E-state index contributed by atoms with van der Waals surface area (Å²) in [7, 11) is 0. The highest BCUT2D eigenvalue weighted by atomic mass is 16.3. The molecule has 2 atom stereocenters. The van der Waals surface area contributed by atoms with Crippen LogP contribution in [0.5, 0.6) is 5.75 Å². The molecule has 2 N–H and O–H groups in total. The molecular weight excluding hydrogens is 286 g/mol. The van der Waals surface area contributed by atoms with Gasteiger partial charge in [-0.1, -0.05) is 25.7 Å². The van der Waals surface area contributed by atoms with Gasteiger partial charge in [-0.05, 0) is 67.8 Å². The number of Topliss-reactive ketones (excluding diaryl/α,β-unsaturated/α-hetero) is 1. The van der Waals surface area contributed by atoms with E-state index in [1.165, 1.54) is 6.42 Å². The second kappa shape index (κ2) is 7.66. The molecule has 1 aromatic rings. The number of terminal acetylenes is 1. The fourth-order valence-electron chi connectivity index (χ4n) is 4.04. The van der Waals surface area contributed by atoms with Crippen LogP contribution in [0.15, 0.2) is 18.2 Å². The molecule has 1 saturated carbocycles. The van der Waals surface area contributed by atoms with Gasteiger partial charge in [-0.15, -0.1) is 6.42 Å². The average Bonchev–Trinajstić information content (AvgIpc) is 2.53. The zero-order chi connectivity index (χ0) is 16.9. The molecule has 1 unspecified atom stereocenters. The van der Waals surface area contributed by atoms with E-state index in [2.05, 4.69) is 18.2 Å². The van der Waals surface area contributed by atoms with Crippen molar-refractivity contribution in [3.05, 3.63) is 29.3 Å². The number of rotatable bonds is 6. The van der Waals surface area contributed by atoms with Crippen LogP contribution in [-0.2, 0) is 5.41 Å². The number of hydrogen-bond acceptors (Lipinski definition) is 3. The van der Waals surface area contributed by atoms with Gasteiger partial charge in [0, 0.05) is 5.56 Å². The fraction of sp³-hybridized carbons (Fsp3) is 0.550. The topological polar surface area (TPSA) is 49.3 Å². The minimum absolute atomic E-state index is 0.0636. The maximum Gasteiger partial charge on any atom is 0.160 e. The summed E-state index contributed by atoms with van der Waals surface area (Å²) in [6.07, 6.45) is 10.8. The van der Waals surface area contributed by atoms with Crippen molar-refractivity contribution in [2.24, 2.45) is 5.92 Å². The largest absolute Gasteiger partial charge is 0.508 e. The highest BCUT2D eigenvalue weighted by molar-refractivity contribution is 5.96. The Bertz CT molecular complexity index is 602. The van der Waals surface area contributed by atoms with E-state index in [9.17, 15) is 9.90 Å². The van der Waals surface area contributed by atoms with Gasteiger partial charge < -0.3 is 10.4 Å². The van der Waals surface area contributed by atoms with Gasteiger partial charge >= 0.3 is 0 Å². The van der Waals surface area contributed by atoms with Gasteiger partial charge in [0.15, 0.2) is 5.78 Å². The number of carbonyl (C=O) groups excluding carboxylic acids is 1. The molecule has 0 spiro atoms. The first kappa shape index (κ1) is 17.6. The van der Waals surface area contributed by atoms with E-state index in [1.54, 1.807) is 25.1 Å². The van der Waals surface area contributed by atoms with Crippen LogP contribution in [0.2, 0.25) is 0 Å². The predicted molar refractivity (Wildman–Crippen MR) is 93.7 cm³/mol. The van der Waals surface area contributed by atoms with Gasteiger partial charge in [-0.25, -0.2) is 0 Å². The Balaban J connectivity index is 2.43. The van der Waals surface area contributed by atoms with Gasteiger partial charge in [0.1, 0.15) is 5.75 Å². The molecule has 0 radical (unpaired) electrons. The Labute approximate surface area is 139 Å². The number of nitrogens with one attached hydrogen (secondary N) is 1. The Morgan fingerprint density at radius 1 is 1.48 bits per heavy atom. The van der Waals surface area contributed by atoms with E-state index in [4.69, 9.17) is 6.42 Å². The summed E-state index contributed by atoms with van der Waals surface area (Å²) in [6, 6.07) is 5.18. The maximum atomic E-state index is 12.1. The van der Waals surface area contributed by atoms with Gasteiger partial charge in [-0.2, -0.15) is 0 Å². The summed E-state index contributed by atoms with van der Waals surface area (Å²) in [5.41, 5.74) is 1.69. The third-order valence-electron chi connectivity index (χ3n) is 5.35. The second-order valence-corrected chi connectivity index (χ2v) is 6.72. The molecule has 2 rings (SSSR count). The molecule has 0 heterocycles. The monoisotopic (exact) mass is 313 g/mol. The van der Waals surface area contributed by atoms with Crippen molar-refractivity contribution in [2.45, 2.75) is 51.4 Å². The van der Waals surface area contributed by atoms with Crippen LogP contribution in [0.1, 0.15) is 61.9 Å². The van der Waals surface area contributed by atoms with E-state index in [0.29, 0.717) is 12.5 Å². The highest BCUT2D eigenvalue weighted by Crippen LogP contribution is 2.48. The maximum absolute atomic E-state index is 12.1. The van der Waals surface area contributed by atoms with Crippen LogP contribution in [0.25, 0.3) is 0 Å². The molecular formula is C20H27NO2. The van der Waals surface area contributed by atoms with Crippen molar-refractivity contribution in [1.29, 1.82) is 0 Å². The molecule has 0 amide bonds. The van der Waals surface area contributed by atoms with Gasteiger partial charge in [0.25, 0.3) is 0 Å². The minimum atomic E-state index is -0.0698. The molecule has 0 aliphatic heterocycles. The number of phenolic OH excluding ortho intramolecular Hbond substituents is 1. The average molecular weight is 313 g/mol. The third kappa shape index (κ3) is 3.76. The second-order valence-electron chi connectivity index (χ2n) is 6.72. The lowest BCUT2D eigenvalue weighted by Gasteiger charge is -2.44. The van der Waals surface area contributed by atoms with Crippen molar-refractivity contribution in [3.63, 3.8) is 0 Å². The summed E-state index contributed by atoms with van der Waals surface area (Å²) < 4.78 is 0. The number of aromatic hydroxyl groups is 1. The molecule has 124 valence electrons. The van der Waals surface area contributed by atoms with Crippen molar-refractivity contribution >= 4 is 5.78 Å². The zero-order valence-electron chi connectivity index (χ0n) is 14.2. The quantitative estimate of drug-likeness (QED) is 0.479. The lowest BCUT2D eigenvalue weighted by Crippen LogP contribution is -2.40. The van der Waals surface area contributed by atoms with Crippen molar-refractivity contribution in [3.8, 4) is 18.1 Å². The van der Waals surface area contributed by atoms with E-state index in [0.717, 1.165) is 43.4 Å². The molecule has 23 heavy (non-hydrogen) atoms. The molecule has 1 aromatic carbocycles. The lowest BCUT2D eigenvalue weighted by atomic mass is 9.60. The lowest BCUT2D eigenvalue weighted by molar-refractivity contribution is 0.101. The van der Waals surface area contributed by atoms with Crippen molar-refractivity contribution in [2.75, 3.05) is 13.1 Å². The van der Waals surface area contributed by atoms with Crippen molar-refractivity contribution in [1.82, 2.24) is 5.32 Å². The molecule has 0 bridgehead atoms. The Morgan fingerprint density at radius 2 is 2.26 bits per heavy atom. The number of hydrogen-bond donors (Lipinski definition) is 2.